The van der Waals surface area contributed by atoms with E-state index in [2.05, 4.69) is 26.2 Å². The minimum absolute atomic E-state index is 0.181. The molecule has 1 aromatic heterocycles. The Morgan fingerprint density at radius 2 is 2.07 bits per heavy atom. The Kier molecular flexibility index (Phi) is 2.40. The molecule has 2 rings (SSSR count). The number of rotatable bonds is 1. The molecule has 1 aliphatic carbocycles. The Balaban J connectivity index is 2.11. The van der Waals surface area contributed by atoms with E-state index in [0.29, 0.717) is 12.0 Å². The van der Waals surface area contributed by atoms with Crippen molar-refractivity contribution < 1.29 is 0 Å². The van der Waals surface area contributed by atoms with Crippen LogP contribution in [0.4, 0.5) is 0 Å². The maximum absolute atomic E-state index is 5.78. The molecular weight excluding hydrogens is 192 g/mol. The summed E-state index contributed by atoms with van der Waals surface area (Å²) in [5.74, 6) is 0.645. The standard InChI is InChI=1S/C11H18N2S/c1-11(2,3)9-6-14-10(13-9)7-4-8(12)5-7/h6-8H,4-5,12H2,1-3H3. The third-order valence-electron chi connectivity index (χ3n) is 2.81. The molecule has 1 aliphatic rings. The molecular formula is C11H18N2S. The summed E-state index contributed by atoms with van der Waals surface area (Å²) in [5.41, 5.74) is 7.18. The maximum atomic E-state index is 5.78. The summed E-state index contributed by atoms with van der Waals surface area (Å²) in [6, 6.07) is 0.419. The highest BCUT2D eigenvalue weighted by atomic mass is 32.1. The zero-order valence-corrected chi connectivity index (χ0v) is 9.90. The molecule has 2 N–H and O–H groups in total. The first-order valence-corrected chi connectivity index (χ1v) is 6.06. The van der Waals surface area contributed by atoms with Gasteiger partial charge in [-0.1, -0.05) is 20.8 Å². The van der Waals surface area contributed by atoms with E-state index in [9.17, 15) is 0 Å². The second-order valence-corrected chi connectivity index (χ2v) is 6.14. The molecule has 1 fully saturated rings. The minimum Gasteiger partial charge on any atom is -0.328 e. The average molecular weight is 210 g/mol. The number of aromatic nitrogens is 1. The van der Waals surface area contributed by atoms with Crippen molar-refractivity contribution in [3.05, 3.63) is 16.1 Å². The van der Waals surface area contributed by atoms with Crippen molar-refractivity contribution >= 4 is 11.3 Å². The number of thiazole rings is 1. The van der Waals surface area contributed by atoms with Crippen LogP contribution in [-0.2, 0) is 5.41 Å². The quantitative estimate of drug-likeness (QED) is 0.774. The molecule has 0 bridgehead atoms. The van der Waals surface area contributed by atoms with Crippen LogP contribution in [0.15, 0.2) is 5.38 Å². The maximum Gasteiger partial charge on any atom is 0.0960 e. The van der Waals surface area contributed by atoms with Crippen molar-refractivity contribution in [3.8, 4) is 0 Å². The summed E-state index contributed by atoms with van der Waals surface area (Å²) in [7, 11) is 0. The van der Waals surface area contributed by atoms with E-state index in [4.69, 9.17) is 10.7 Å². The predicted octanol–water partition coefficient (Wildman–Crippen LogP) is 2.65. The molecule has 0 spiro atoms. The van der Waals surface area contributed by atoms with E-state index < -0.39 is 0 Å². The van der Waals surface area contributed by atoms with Crippen LogP contribution in [0.2, 0.25) is 0 Å². The molecule has 0 aliphatic heterocycles. The molecule has 0 amide bonds. The van der Waals surface area contributed by atoms with Crippen LogP contribution in [-0.4, -0.2) is 11.0 Å². The highest BCUT2D eigenvalue weighted by Gasteiger charge is 2.30. The third-order valence-corrected chi connectivity index (χ3v) is 3.82. The fourth-order valence-electron chi connectivity index (χ4n) is 1.68. The van der Waals surface area contributed by atoms with Crippen LogP contribution >= 0.6 is 11.3 Å². The number of nitrogens with zero attached hydrogens (tertiary/aromatic N) is 1. The van der Waals surface area contributed by atoms with E-state index in [1.165, 1.54) is 10.7 Å². The van der Waals surface area contributed by atoms with Crippen molar-refractivity contribution in [2.75, 3.05) is 0 Å². The van der Waals surface area contributed by atoms with Crippen LogP contribution in [0.1, 0.15) is 50.2 Å². The molecule has 0 unspecified atom stereocenters. The molecule has 1 heterocycles. The Morgan fingerprint density at radius 3 is 2.50 bits per heavy atom. The monoisotopic (exact) mass is 210 g/mol. The topological polar surface area (TPSA) is 38.9 Å². The molecule has 2 nitrogen and oxygen atoms in total. The van der Waals surface area contributed by atoms with E-state index in [1.807, 2.05) is 0 Å². The van der Waals surface area contributed by atoms with Crippen LogP contribution in [0.5, 0.6) is 0 Å². The Hall–Kier alpha value is -0.410. The van der Waals surface area contributed by atoms with Gasteiger partial charge in [-0.3, -0.25) is 0 Å². The van der Waals surface area contributed by atoms with Crippen molar-refractivity contribution in [1.29, 1.82) is 0 Å². The van der Waals surface area contributed by atoms with Gasteiger partial charge in [-0.25, -0.2) is 4.98 Å². The molecule has 0 radical (unpaired) electrons. The van der Waals surface area contributed by atoms with Gasteiger partial charge in [0, 0.05) is 22.8 Å². The smallest absolute Gasteiger partial charge is 0.0960 e. The summed E-state index contributed by atoms with van der Waals surface area (Å²) in [5, 5.41) is 3.48. The summed E-state index contributed by atoms with van der Waals surface area (Å²) in [6.45, 7) is 6.62. The lowest BCUT2D eigenvalue weighted by Gasteiger charge is -2.30. The van der Waals surface area contributed by atoms with E-state index in [-0.39, 0.29) is 5.41 Å². The SMILES string of the molecule is CC(C)(C)c1csc(C2CC(N)C2)n1. The lowest BCUT2D eigenvalue weighted by molar-refractivity contribution is 0.349. The van der Waals surface area contributed by atoms with E-state index >= 15 is 0 Å². The molecule has 78 valence electrons. The molecule has 0 saturated heterocycles. The highest BCUT2D eigenvalue weighted by Crippen LogP contribution is 2.38. The van der Waals surface area contributed by atoms with Crippen LogP contribution in [0.3, 0.4) is 0 Å². The van der Waals surface area contributed by atoms with Gasteiger partial charge in [0.1, 0.15) is 0 Å². The van der Waals surface area contributed by atoms with Crippen LogP contribution in [0.25, 0.3) is 0 Å². The molecule has 3 heteroatoms. The number of hydrogen-bond acceptors (Lipinski definition) is 3. The van der Waals surface area contributed by atoms with Crippen molar-refractivity contribution in [1.82, 2.24) is 4.98 Å². The zero-order chi connectivity index (χ0) is 10.3. The van der Waals surface area contributed by atoms with Crippen LogP contribution in [0, 0.1) is 0 Å². The van der Waals surface area contributed by atoms with Gasteiger partial charge in [0.25, 0.3) is 0 Å². The fraction of sp³-hybridized carbons (Fsp3) is 0.727. The van der Waals surface area contributed by atoms with E-state index in [0.717, 1.165) is 12.8 Å². The summed E-state index contributed by atoms with van der Waals surface area (Å²) in [4.78, 5) is 4.70. The lowest BCUT2D eigenvalue weighted by Crippen LogP contribution is -2.34. The molecule has 0 aromatic carbocycles. The van der Waals surface area contributed by atoms with Gasteiger partial charge < -0.3 is 5.73 Å². The first kappa shape index (κ1) is 10.1. The van der Waals surface area contributed by atoms with E-state index in [1.54, 1.807) is 11.3 Å². The van der Waals surface area contributed by atoms with Crippen molar-refractivity contribution in [2.45, 2.75) is 51.0 Å². The summed E-state index contributed by atoms with van der Waals surface area (Å²) >= 11 is 1.80. The van der Waals surface area contributed by atoms with Crippen LogP contribution < -0.4 is 5.73 Å². The third kappa shape index (κ3) is 1.84. The largest absolute Gasteiger partial charge is 0.328 e. The predicted molar refractivity (Wildman–Crippen MR) is 60.8 cm³/mol. The Bertz CT molecular complexity index is 318. The minimum atomic E-state index is 0.181. The van der Waals surface area contributed by atoms with Gasteiger partial charge in [0.15, 0.2) is 0 Å². The Labute approximate surface area is 89.5 Å². The van der Waals surface area contributed by atoms with Gasteiger partial charge in [-0.2, -0.15) is 0 Å². The Morgan fingerprint density at radius 1 is 1.43 bits per heavy atom. The molecule has 1 aromatic rings. The fourth-order valence-corrected chi connectivity index (χ4v) is 2.86. The molecule has 1 saturated carbocycles. The zero-order valence-electron chi connectivity index (χ0n) is 9.08. The van der Waals surface area contributed by atoms with Crippen molar-refractivity contribution in [3.63, 3.8) is 0 Å². The second kappa shape index (κ2) is 3.31. The van der Waals surface area contributed by atoms with Gasteiger partial charge in [0.2, 0.25) is 0 Å². The number of nitrogens with two attached hydrogens (primary N) is 1. The lowest BCUT2D eigenvalue weighted by atomic mass is 9.81. The van der Waals surface area contributed by atoms with Crippen molar-refractivity contribution in [2.24, 2.45) is 5.73 Å². The summed E-state index contributed by atoms with van der Waals surface area (Å²) in [6.07, 6.45) is 2.24. The average Bonchev–Trinajstić information content (AvgIpc) is 2.45. The second-order valence-electron chi connectivity index (χ2n) is 5.25. The molecule has 0 atom stereocenters. The van der Waals surface area contributed by atoms with Gasteiger partial charge >= 0.3 is 0 Å². The first-order valence-electron chi connectivity index (χ1n) is 5.18. The highest BCUT2D eigenvalue weighted by molar-refractivity contribution is 7.09. The van der Waals surface area contributed by atoms with Gasteiger partial charge in [-0.05, 0) is 12.8 Å². The number of hydrogen-bond donors (Lipinski definition) is 1. The normalized spacial score (nSPS) is 27.4. The van der Waals surface area contributed by atoms with Gasteiger partial charge in [-0.15, -0.1) is 11.3 Å². The van der Waals surface area contributed by atoms with Gasteiger partial charge in [0.05, 0.1) is 10.7 Å². The first-order chi connectivity index (χ1) is 6.47. The summed E-state index contributed by atoms with van der Waals surface area (Å²) < 4.78 is 0. The molecule has 14 heavy (non-hydrogen) atoms.